The van der Waals surface area contributed by atoms with E-state index in [1.54, 1.807) is 0 Å². The van der Waals surface area contributed by atoms with Gasteiger partial charge >= 0.3 is 5.97 Å². The van der Waals surface area contributed by atoms with Crippen molar-refractivity contribution < 1.29 is 19.0 Å². The zero-order valence-electron chi connectivity index (χ0n) is 21.7. The standard InChI is InChI=1S/C32H30N2O4/c1-4-29(36-5-2)34-25-16-11-17-27-30(25)32(23-15-10-9-14-22(23)31(35)38-32)24-19-26(20(3)18-28(24)37-27)33-21-12-7-6-8-13-21/h6-19,29,33-34H,4-5H2,1-3H3. The van der Waals surface area contributed by atoms with Gasteiger partial charge in [0.1, 0.15) is 17.7 Å². The first-order valence-electron chi connectivity index (χ1n) is 13.0. The third-order valence-corrected chi connectivity index (χ3v) is 7.18. The number of hydrogen-bond acceptors (Lipinski definition) is 6. The van der Waals surface area contributed by atoms with E-state index in [-0.39, 0.29) is 12.2 Å². The van der Waals surface area contributed by atoms with E-state index in [1.807, 2.05) is 98.8 Å². The summed E-state index contributed by atoms with van der Waals surface area (Å²) in [4.78, 5) is 13.4. The van der Waals surface area contributed by atoms with Gasteiger partial charge in [0, 0.05) is 34.8 Å². The van der Waals surface area contributed by atoms with Crippen LogP contribution in [0.3, 0.4) is 0 Å². The Balaban J connectivity index is 1.59. The quantitative estimate of drug-likeness (QED) is 0.200. The number of fused-ring (bicyclic) bond motifs is 6. The number of rotatable bonds is 7. The Morgan fingerprint density at radius 1 is 0.868 bits per heavy atom. The largest absolute Gasteiger partial charge is 0.456 e. The maximum Gasteiger partial charge on any atom is 0.340 e. The Bertz CT molecular complexity index is 1520. The van der Waals surface area contributed by atoms with Crippen LogP contribution in [0.5, 0.6) is 11.5 Å². The minimum atomic E-state index is -1.19. The summed E-state index contributed by atoms with van der Waals surface area (Å²) < 4.78 is 18.9. The van der Waals surface area contributed by atoms with Gasteiger partial charge in [-0.25, -0.2) is 4.79 Å². The van der Waals surface area contributed by atoms with Gasteiger partial charge in [0.05, 0.1) is 11.1 Å². The van der Waals surface area contributed by atoms with E-state index < -0.39 is 5.60 Å². The van der Waals surface area contributed by atoms with Gasteiger partial charge in [-0.2, -0.15) is 0 Å². The lowest BCUT2D eigenvalue weighted by atomic mass is 9.76. The molecule has 6 heteroatoms. The van der Waals surface area contributed by atoms with Gasteiger partial charge in [0.25, 0.3) is 0 Å². The predicted molar refractivity (Wildman–Crippen MR) is 148 cm³/mol. The van der Waals surface area contributed by atoms with Crippen LogP contribution in [0.25, 0.3) is 0 Å². The second-order valence-corrected chi connectivity index (χ2v) is 9.55. The Morgan fingerprint density at radius 2 is 1.66 bits per heavy atom. The molecule has 6 nitrogen and oxygen atoms in total. The number of carbonyl (C=O) groups is 1. The summed E-state index contributed by atoms with van der Waals surface area (Å²) in [6.07, 6.45) is 0.563. The predicted octanol–water partition coefficient (Wildman–Crippen LogP) is 7.49. The highest BCUT2D eigenvalue weighted by atomic mass is 16.6. The van der Waals surface area contributed by atoms with E-state index in [9.17, 15) is 4.79 Å². The number of nitrogens with one attached hydrogen (secondary N) is 2. The molecule has 0 bridgehead atoms. The Kier molecular flexibility index (Phi) is 6.04. The summed E-state index contributed by atoms with van der Waals surface area (Å²) >= 11 is 0. The number of carbonyl (C=O) groups excluding carboxylic acids is 1. The van der Waals surface area contributed by atoms with Crippen LogP contribution in [0, 0.1) is 6.92 Å². The Hall–Kier alpha value is -4.29. The van der Waals surface area contributed by atoms with E-state index in [0.717, 1.165) is 45.7 Å². The summed E-state index contributed by atoms with van der Waals surface area (Å²) in [6.45, 7) is 6.66. The summed E-state index contributed by atoms with van der Waals surface area (Å²) in [7, 11) is 0. The van der Waals surface area contributed by atoms with Crippen LogP contribution in [-0.4, -0.2) is 18.8 Å². The monoisotopic (exact) mass is 506 g/mol. The summed E-state index contributed by atoms with van der Waals surface area (Å²) in [6, 6.07) is 27.5. The van der Waals surface area contributed by atoms with Crippen molar-refractivity contribution in [1.29, 1.82) is 0 Å². The van der Waals surface area contributed by atoms with Crippen LogP contribution in [0.2, 0.25) is 0 Å². The average molecular weight is 507 g/mol. The second-order valence-electron chi connectivity index (χ2n) is 9.55. The second kappa shape index (κ2) is 9.54. The first-order chi connectivity index (χ1) is 18.5. The molecule has 0 saturated heterocycles. The molecule has 0 fully saturated rings. The van der Waals surface area contributed by atoms with E-state index in [4.69, 9.17) is 14.2 Å². The SMILES string of the molecule is CCOC(CC)Nc1cccc2c1C1(OC(=O)c3ccccc31)c1cc(Nc3ccccc3)c(C)cc1O2. The van der Waals surface area contributed by atoms with Crippen LogP contribution in [0.4, 0.5) is 17.1 Å². The highest BCUT2D eigenvalue weighted by Crippen LogP contribution is 2.59. The molecule has 4 aromatic carbocycles. The molecule has 0 aromatic heterocycles. The smallest absolute Gasteiger partial charge is 0.340 e. The molecular formula is C32H30N2O4. The van der Waals surface area contributed by atoms with Crippen molar-refractivity contribution in [2.24, 2.45) is 0 Å². The van der Waals surface area contributed by atoms with Gasteiger partial charge < -0.3 is 24.8 Å². The zero-order chi connectivity index (χ0) is 26.3. The van der Waals surface area contributed by atoms with Gasteiger partial charge in [-0.05, 0) is 68.3 Å². The number of aryl methyl sites for hydroxylation is 1. The van der Waals surface area contributed by atoms with E-state index in [1.165, 1.54) is 0 Å². The van der Waals surface area contributed by atoms with Crippen molar-refractivity contribution in [3.63, 3.8) is 0 Å². The summed E-state index contributed by atoms with van der Waals surface area (Å²) in [5.41, 5.74) is 5.38. The molecule has 38 heavy (non-hydrogen) atoms. The van der Waals surface area contributed by atoms with Crippen LogP contribution >= 0.6 is 0 Å². The maximum atomic E-state index is 13.4. The fourth-order valence-electron chi connectivity index (χ4n) is 5.44. The van der Waals surface area contributed by atoms with Gasteiger partial charge in [0.15, 0.2) is 5.60 Å². The van der Waals surface area contributed by atoms with Crippen molar-refractivity contribution in [3.8, 4) is 11.5 Å². The molecule has 0 amide bonds. The van der Waals surface area contributed by atoms with Gasteiger partial charge in [-0.3, -0.25) is 0 Å². The van der Waals surface area contributed by atoms with Crippen molar-refractivity contribution >= 4 is 23.0 Å². The number of para-hydroxylation sites is 1. The lowest BCUT2D eigenvalue weighted by Crippen LogP contribution is -2.35. The first kappa shape index (κ1) is 24.1. The van der Waals surface area contributed by atoms with E-state index >= 15 is 0 Å². The molecular weight excluding hydrogens is 476 g/mol. The van der Waals surface area contributed by atoms with Crippen LogP contribution in [0.15, 0.2) is 84.9 Å². The molecule has 2 aliphatic rings. The fourth-order valence-corrected chi connectivity index (χ4v) is 5.44. The van der Waals surface area contributed by atoms with Gasteiger partial charge in [-0.1, -0.05) is 49.4 Å². The number of esters is 1. The lowest BCUT2D eigenvalue weighted by molar-refractivity contribution is 0.0225. The number of hydrogen-bond donors (Lipinski definition) is 2. The van der Waals surface area contributed by atoms with Crippen LogP contribution in [-0.2, 0) is 15.1 Å². The molecule has 2 unspecified atom stereocenters. The highest BCUT2D eigenvalue weighted by molar-refractivity contribution is 5.97. The van der Waals surface area contributed by atoms with Crippen molar-refractivity contribution in [3.05, 3.63) is 113 Å². The third-order valence-electron chi connectivity index (χ3n) is 7.18. The third kappa shape index (κ3) is 3.80. The molecule has 1 spiro atoms. The van der Waals surface area contributed by atoms with Gasteiger partial charge in [0.2, 0.25) is 0 Å². The molecule has 192 valence electrons. The Labute approximate surface area is 222 Å². The zero-order valence-corrected chi connectivity index (χ0v) is 21.7. The number of anilines is 3. The van der Waals surface area contributed by atoms with E-state index in [2.05, 4.69) is 17.6 Å². The molecule has 6 rings (SSSR count). The van der Waals surface area contributed by atoms with Crippen LogP contribution < -0.4 is 15.4 Å². The minimum Gasteiger partial charge on any atom is -0.456 e. The summed E-state index contributed by atoms with van der Waals surface area (Å²) in [5.74, 6) is 0.942. The van der Waals surface area contributed by atoms with Gasteiger partial charge in [-0.15, -0.1) is 0 Å². The van der Waals surface area contributed by atoms with Crippen molar-refractivity contribution in [1.82, 2.24) is 0 Å². The maximum absolute atomic E-state index is 13.4. The average Bonchev–Trinajstić information content (AvgIpc) is 3.22. The fraction of sp³-hybridized carbons (Fsp3) is 0.219. The van der Waals surface area contributed by atoms with Crippen LogP contribution in [0.1, 0.15) is 52.9 Å². The van der Waals surface area contributed by atoms with Crippen molar-refractivity contribution in [2.75, 3.05) is 17.2 Å². The minimum absolute atomic E-state index is 0.203. The molecule has 2 N–H and O–H groups in total. The molecule has 0 saturated carbocycles. The molecule has 0 radical (unpaired) electrons. The molecule has 2 aliphatic heterocycles. The molecule has 2 heterocycles. The van der Waals surface area contributed by atoms with Crippen molar-refractivity contribution in [2.45, 2.75) is 39.0 Å². The highest BCUT2D eigenvalue weighted by Gasteiger charge is 2.55. The molecule has 0 aliphatic carbocycles. The molecule has 4 aromatic rings. The Morgan fingerprint density at radius 3 is 2.45 bits per heavy atom. The number of benzene rings is 4. The summed E-state index contributed by atoms with van der Waals surface area (Å²) in [5, 5.41) is 7.07. The lowest BCUT2D eigenvalue weighted by Gasteiger charge is -2.39. The topological polar surface area (TPSA) is 68.8 Å². The normalized spacial score (nSPS) is 17.6. The number of ether oxygens (including phenoxy) is 3. The molecule has 2 atom stereocenters. The first-order valence-corrected chi connectivity index (χ1v) is 13.0. The van der Waals surface area contributed by atoms with E-state index in [0.29, 0.717) is 23.7 Å².